The van der Waals surface area contributed by atoms with Crippen LogP contribution in [-0.2, 0) is 13.1 Å². The summed E-state index contributed by atoms with van der Waals surface area (Å²) < 4.78 is 2.24. The lowest BCUT2D eigenvalue weighted by molar-refractivity contribution is 0.196. The maximum absolute atomic E-state index is 6.34. The largest absolute Gasteiger partial charge is 0.327 e. The summed E-state index contributed by atoms with van der Waals surface area (Å²) in [7, 11) is 0. The molecule has 2 heterocycles. The van der Waals surface area contributed by atoms with E-state index in [4.69, 9.17) is 5.73 Å². The molecule has 0 amide bonds. The minimum absolute atomic E-state index is 0.229. The minimum atomic E-state index is 0.229. The van der Waals surface area contributed by atoms with Gasteiger partial charge in [-0.2, -0.15) is 0 Å². The summed E-state index contributed by atoms with van der Waals surface area (Å²) in [5, 5.41) is 8.81. The van der Waals surface area contributed by atoms with Crippen molar-refractivity contribution in [2.24, 2.45) is 11.1 Å². The van der Waals surface area contributed by atoms with Crippen LogP contribution in [0.25, 0.3) is 11.4 Å². The Morgan fingerprint density at radius 3 is 2.58 bits per heavy atom. The van der Waals surface area contributed by atoms with Gasteiger partial charge in [-0.05, 0) is 18.3 Å². The fourth-order valence-corrected chi connectivity index (χ4v) is 3.21. The second-order valence-electron chi connectivity index (χ2n) is 8.05. The van der Waals surface area contributed by atoms with E-state index in [0.29, 0.717) is 5.41 Å². The zero-order valence-electron chi connectivity index (χ0n) is 15.1. The smallest absolute Gasteiger partial charge is 0.164 e. The predicted octanol–water partition coefficient (Wildman–Crippen LogP) is 2.91. The van der Waals surface area contributed by atoms with Gasteiger partial charge in [0.1, 0.15) is 5.82 Å². The first-order valence-corrected chi connectivity index (χ1v) is 8.88. The van der Waals surface area contributed by atoms with Crippen molar-refractivity contribution in [3.05, 3.63) is 36.2 Å². The highest BCUT2D eigenvalue weighted by Crippen LogP contribution is 2.23. The van der Waals surface area contributed by atoms with Crippen molar-refractivity contribution in [1.29, 1.82) is 0 Å². The van der Waals surface area contributed by atoms with Gasteiger partial charge in [0.2, 0.25) is 0 Å². The SMILES string of the molecule is CC(C)(C)CCC(N)CN1CCn2c(nnc2-c2ccccc2)C1. The molecule has 1 atom stereocenters. The molecule has 2 N–H and O–H groups in total. The molecule has 0 radical (unpaired) electrons. The average Bonchev–Trinajstić information content (AvgIpc) is 2.96. The first-order valence-electron chi connectivity index (χ1n) is 8.88. The van der Waals surface area contributed by atoms with Gasteiger partial charge in [0.25, 0.3) is 0 Å². The maximum Gasteiger partial charge on any atom is 0.164 e. The van der Waals surface area contributed by atoms with Crippen LogP contribution in [0.1, 0.15) is 39.4 Å². The van der Waals surface area contributed by atoms with Crippen molar-refractivity contribution in [2.45, 2.75) is 52.7 Å². The molecule has 1 aromatic heterocycles. The molecule has 0 aliphatic carbocycles. The average molecular weight is 327 g/mol. The molecular formula is C19H29N5. The lowest BCUT2D eigenvalue weighted by Gasteiger charge is -2.30. The van der Waals surface area contributed by atoms with Crippen molar-refractivity contribution in [3.8, 4) is 11.4 Å². The molecule has 1 aliphatic heterocycles. The van der Waals surface area contributed by atoms with E-state index in [1.54, 1.807) is 0 Å². The Morgan fingerprint density at radius 1 is 1.12 bits per heavy atom. The number of nitrogens with two attached hydrogens (primary N) is 1. The molecule has 1 aromatic carbocycles. The van der Waals surface area contributed by atoms with Crippen LogP contribution in [0.3, 0.4) is 0 Å². The van der Waals surface area contributed by atoms with E-state index in [-0.39, 0.29) is 6.04 Å². The van der Waals surface area contributed by atoms with E-state index >= 15 is 0 Å². The normalized spacial score (nSPS) is 16.8. The predicted molar refractivity (Wildman–Crippen MR) is 97.4 cm³/mol. The fourth-order valence-electron chi connectivity index (χ4n) is 3.21. The van der Waals surface area contributed by atoms with Crippen LogP contribution < -0.4 is 5.73 Å². The minimum Gasteiger partial charge on any atom is -0.327 e. The van der Waals surface area contributed by atoms with E-state index in [0.717, 1.165) is 56.2 Å². The van der Waals surface area contributed by atoms with Crippen molar-refractivity contribution in [1.82, 2.24) is 19.7 Å². The van der Waals surface area contributed by atoms with Crippen LogP contribution in [0.15, 0.2) is 30.3 Å². The number of aromatic nitrogens is 3. The van der Waals surface area contributed by atoms with Crippen LogP contribution in [0.4, 0.5) is 0 Å². The van der Waals surface area contributed by atoms with Crippen molar-refractivity contribution >= 4 is 0 Å². The molecule has 3 rings (SSSR count). The van der Waals surface area contributed by atoms with Gasteiger partial charge < -0.3 is 10.3 Å². The van der Waals surface area contributed by atoms with Gasteiger partial charge in [0.15, 0.2) is 5.82 Å². The Bertz CT molecular complexity index is 656. The van der Waals surface area contributed by atoms with Gasteiger partial charge in [-0.15, -0.1) is 10.2 Å². The monoisotopic (exact) mass is 327 g/mol. The summed E-state index contributed by atoms with van der Waals surface area (Å²) in [6.45, 7) is 10.5. The van der Waals surface area contributed by atoms with Crippen LogP contribution in [0, 0.1) is 5.41 Å². The Balaban J connectivity index is 1.61. The van der Waals surface area contributed by atoms with Crippen LogP contribution in [0.2, 0.25) is 0 Å². The van der Waals surface area contributed by atoms with Gasteiger partial charge >= 0.3 is 0 Å². The van der Waals surface area contributed by atoms with E-state index in [1.807, 2.05) is 18.2 Å². The second kappa shape index (κ2) is 7.03. The Morgan fingerprint density at radius 2 is 1.88 bits per heavy atom. The zero-order valence-corrected chi connectivity index (χ0v) is 15.1. The Kier molecular flexibility index (Phi) is 5.01. The Hall–Kier alpha value is -1.72. The van der Waals surface area contributed by atoms with Crippen molar-refractivity contribution < 1.29 is 0 Å². The van der Waals surface area contributed by atoms with E-state index < -0.39 is 0 Å². The molecule has 1 aliphatic rings. The van der Waals surface area contributed by atoms with E-state index in [2.05, 4.69) is 52.6 Å². The van der Waals surface area contributed by atoms with Crippen LogP contribution in [0.5, 0.6) is 0 Å². The number of rotatable bonds is 5. The van der Waals surface area contributed by atoms with Gasteiger partial charge in [0, 0.05) is 31.2 Å². The van der Waals surface area contributed by atoms with Crippen molar-refractivity contribution in [2.75, 3.05) is 13.1 Å². The molecule has 0 saturated heterocycles. The molecule has 5 heteroatoms. The van der Waals surface area contributed by atoms with Gasteiger partial charge in [-0.1, -0.05) is 51.1 Å². The maximum atomic E-state index is 6.34. The highest BCUT2D eigenvalue weighted by molar-refractivity contribution is 5.55. The lowest BCUT2D eigenvalue weighted by Crippen LogP contribution is -2.42. The van der Waals surface area contributed by atoms with Crippen molar-refractivity contribution in [3.63, 3.8) is 0 Å². The number of fused-ring (bicyclic) bond motifs is 1. The summed E-state index contributed by atoms with van der Waals surface area (Å²) in [5.74, 6) is 2.02. The van der Waals surface area contributed by atoms with Gasteiger partial charge in [-0.3, -0.25) is 4.90 Å². The molecule has 24 heavy (non-hydrogen) atoms. The third-order valence-electron chi connectivity index (χ3n) is 4.62. The van der Waals surface area contributed by atoms with Crippen LogP contribution >= 0.6 is 0 Å². The summed E-state index contributed by atoms with van der Waals surface area (Å²) in [6, 6.07) is 10.5. The van der Waals surface area contributed by atoms with E-state index in [9.17, 15) is 0 Å². The quantitative estimate of drug-likeness (QED) is 0.917. The molecule has 1 unspecified atom stereocenters. The highest BCUT2D eigenvalue weighted by Gasteiger charge is 2.23. The molecule has 0 spiro atoms. The first kappa shape index (κ1) is 17.1. The standard InChI is InChI=1S/C19H29N5/c1-19(2,3)10-9-16(20)13-23-11-12-24-17(14-23)21-22-18(24)15-7-5-4-6-8-15/h4-8,16H,9-14,20H2,1-3H3. The molecule has 2 aromatic rings. The summed E-state index contributed by atoms with van der Waals surface area (Å²) in [6.07, 6.45) is 2.23. The molecule has 0 bridgehead atoms. The first-order chi connectivity index (χ1) is 11.4. The van der Waals surface area contributed by atoms with Gasteiger partial charge in [0.05, 0.1) is 6.54 Å². The molecule has 0 fully saturated rings. The van der Waals surface area contributed by atoms with E-state index in [1.165, 1.54) is 0 Å². The lowest BCUT2D eigenvalue weighted by atomic mass is 9.89. The topological polar surface area (TPSA) is 60.0 Å². The summed E-state index contributed by atoms with van der Waals surface area (Å²) >= 11 is 0. The Labute approximate surface area is 144 Å². The number of hydrogen-bond acceptors (Lipinski definition) is 4. The molecule has 130 valence electrons. The van der Waals surface area contributed by atoms with Crippen LogP contribution in [-0.4, -0.2) is 38.8 Å². The number of nitrogens with zero attached hydrogens (tertiary/aromatic N) is 4. The molecule has 0 saturated carbocycles. The fraction of sp³-hybridized carbons (Fsp3) is 0.579. The number of benzene rings is 1. The van der Waals surface area contributed by atoms with Gasteiger partial charge in [-0.25, -0.2) is 0 Å². The summed E-state index contributed by atoms with van der Waals surface area (Å²) in [4.78, 5) is 2.41. The highest BCUT2D eigenvalue weighted by atomic mass is 15.3. The number of hydrogen-bond donors (Lipinski definition) is 1. The third kappa shape index (κ3) is 4.22. The third-order valence-corrected chi connectivity index (χ3v) is 4.62. The zero-order chi connectivity index (χ0) is 17.2. The second-order valence-corrected chi connectivity index (χ2v) is 8.05. The molecular weight excluding hydrogens is 298 g/mol. The summed E-state index contributed by atoms with van der Waals surface area (Å²) in [5.41, 5.74) is 7.83. The molecule has 5 nitrogen and oxygen atoms in total.